The monoisotopic (exact) mass is 303 g/mol. The Hall–Kier alpha value is -1.47. The molecule has 104 valence electrons. The van der Waals surface area contributed by atoms with Gasteiger partial charge in [-0.3, -0.25) is 0 Å². The summed E-state index contributed by atoms with van der Waals surface area (Å²) in [5.41, 5.74) is 6.30. The summed E-state index contributed by atoms with van der Waals surface area (Å²) in [6.07, 6.45) is 1.75. The first-order chi connectivity index (χ1) is 8.79. The molecule has 8 heteroatoms. The number of amides is 2. The summed E-state index contributed by atoms with van der Waals surface area (Å²) >= 11 is 5.86. The molecule has 0 aliphatic heterocycles. The minimum atomic E-state index is -3.94. The van der Waals surface area contributed by atoms with Crippen LogP contribution in [0, 0.1) is 6.92 Å². The first-order valence-electron chi connectivity index (χ1n) is 5.68. The van der Waals surface area contributed by atoms with Crippen molar-refractivity contribution in [3.8, 4) is 0 Å². The van der Waals surface area contributed by atoms with E-state index in [0.717, 1.165) is 12.8 Å². The highest BCUT2D eigenvalue weighted by molar-refractivity contribution is 7.90. The van der Waals surface area contributed by atoms with E-state index in [2.05, 4.69) is 5.32 Å². The van der Waals surface area contributed by atoms with Crippen molar-refractivity contribution in [1.82, 2.24) is 10.0 Å². The van der Waals surface area contributed by atoms with E-state index < -0.39 is 16.1 Å². The molecule has 4 N–H and O–H groups in total. The fourth-order valence-electron chi connectivity index (χ4n) is 1.54. The van der Waals surface area contributed by atoms with Crippen LogP contribution in [0.4, 0.5) is 10.5 Å². The summed E-state index contributed by atoms with van der Waals surface area (Å²) in [7, 11) is -3.94. The van der Waals surface area contributed by atoms with Gasteiger partial charge in [-0.15, -0.1) is 0 Å². The van der Waals surface area contributed by atoms with Crippen LogP contribution in [0.1, 0.15) is 18.4 Å². The maximum Gasteiger partial charge on any atom is 0.328 e. The number of sulfonamides is 1. The van der Waals surface area contributed by atoms with Gasteiger partial charge in [-0.25, -0.2) is 17.9 Å². The molecule has 2 rings (SSSR count). The number of halogens is 1. The Morgan fingerprint density at radius 2 is 2.05 bits per heavy atom. The van der Waals surface area contributed by atoms with Crippen LogP contribution in [0.5, 0.6) is 0 Å². The van der Waals surface area contributed by atoms with E-state index in [4.69, 9.17) is 17.3 Å². The molecule has 1 aliphatic carbocycles. The molecule has 19 heavy (non-hydrogen) atoms. The predicted octanol–water partition coefficient (Wildman–Crippen LogP) is 1.38. The lowest BCUT2D eigenvalue weighted by Gasteiger charge is -2.10. The highest BCUT2D eigenvalue weighted by Gasteiger charge is 2.26. The number of hydrogen-bond donors (Lipinski definition) is 3. The first kappa shape index (κ1) is 14.0. The zero-order valence-corrected chi connectivity index (χ0v) is 11.8. The topological polar surface area (TPSA) is 101 Å². The van der Waals surface area contributed by atoms with Crippen molar-refractivity contribution in [3.63, 3.8) is 0 Å². The van der Waals surface area contributed by atoms with Gasteiger partial charge in [-0.1, -0.05) is 11.6 Å². The average Bonchev–Trinajstić information content (AvgIpc) is 3.08. The van der Waals surface area contributed by atoms with Crippen molar-refractivity contribution in [2.75, 3.05) is 5.73 Å². The molecule has 0 heterocycles. The van der Waals surface area contributed by atoms with Crippen molar-refractivity contribution in [1.29, 1.82) is 0 Å². The standard InChI is InChI=1S/C11H14ClN3O3S/c1-6-4-8(5-9(13)10(6)12)19(17,18)15-11(16)14-7-2-3-7/h4-5,7H,2-3,13H2,1H3,(H2,14,15,16). The quantitative estimate of drug-likeness (QED) is 0.734. The van der Waals surface area contributed by atoms with Crippen molar-refractivity contribution < 1.29 is 13.2 Å². The number of nitrogen functional groups attached to an aromatic ring is 1. The van der Waals surface area contributed by atoms with Crippen molar-refractivity contribution in [2.45, 2.75) is 30.7 Å². The Morgan fingerprint density at radius 1 is 1.42 bits per heavy atom. The number of hydrogen-bond acceptors (Lipinski definition) is 4. The van der Waals surface area contributed by atoms with Crippen LogP contribution in [0.15, 0.2) is 17.0 Å². The number of nitrogens with two attached hydrogens (primary N) is 1. The van der Waals surface area contributed by atoms with Crippen LogP contribution in [-0.2, 0) is 10.0 Å². The van der Waals surface area contributed by atoms with E-state index in [0.29, 0.717) is 10.6 Å². The van der Waals surface area contributed by atoms with E-state index in [-0.39, 0.29) is 16.6 Å². The summed E-state index contributed by atoms with van der Waals surface area (Å²) in [4.78, 5) is 11.4. The van der Waals surface area contributed by atoms with Crippen LogP contribution in [0.25, 0.3) is 0 Å². The Balaban J connectivity index is 2.21. The molecule has 1 aromatic carbocycles. The zero-order valence-electron chi connectivity index (χ0n) is 10.2. The molecule has 0 aromatic heterocycles. The van der Waals surface area contributed by atoms with Gasteiger partial charge >= 0.3 is 6.03 Å². The number of aryl methyl sites for hydroxylation is 1. The maximum atomic E-state index is 12.0. The van der Waals surface area contributed by atoms with Crippen molar-refractivity contribution >= 4 is 33.3 Å². The van der Waals surface area contributed by atoms with Gasteiger partial charge in [0, 0.05) is 6.04 Å². The van der Waals surface area contributed by atoms with Crippen LogP contribution in [0.3, 0.4) is 0 Å². The van der Waals surface area contributed by atoms with E-state index in [1.54, 1.807) is 6.92 Å². The Labute approximate surface area is 116 Å². The third kappa shape index (κ3) is 3.30. The lowest BCUT2D eigenvalue weighted by atomic mass is 10.2. The highest BCUT2D eigenvalue weighted by atomic mass is 35.5. The predicted molar refractivity (Wildman–Crippen MR) is 72.5 cm³/mol. The minimum Gasteiger partial charge on any atom is -0.397 e. The van der Waals surface area contributed by atoms with Crippen LogP contribution in [0.2, 0.25) is 5.02 Å². The normalized spacial score (nSPS) is 15.1. The van der Waals surface area contributed by atoms with Gasteiger partial charge in [-0.2, -0.15) is 0 Å². The largest absolute Gasteiger partial charge is 0.397 e. The molecule has 0 unspecified atom stereocenters. The Kier molecular flexibility index (Phi) is 3.60. The van der Waals surface area contributed by atoms with E-state index in [1.807, 2.05) is 4.72 Å². The van der Waals surface area contributed by atoms with Gasteiger partial charge in [0.25, 0.3) is 10.0 Å². The summed E-state index contributed by atoms with van der Waals surface area (Å²) in [5.74, 6) is 0. The average molecular weight is 304 g/mol. The van der Waals surface area contributed by atoms with Gasteiger partial charge in [-0.05, 0) is 37.5 Å². The molecule has 1 saturated carbocycles. The van der Waals surface area contributed by atoms with Gasteiger partial charge in [0.1, 0.15) is 0 Å². The SMILES string of the molecule is Cc1cc(S(=O)(=O)NC(=O)NC2CC2)cc(N)c1Cl. The zero-order chi connectivity index (χ0) is 14.2. The third-order valence-electron chi connectivity index (χ3n) is 2.71. The van der Waals surface area contributed by atoms with E-state index in [1.165, 1.54) is 12.1 Å². The van der Waals surface area contributed by atoms with Crippen molar-refractivity contribution in [2.24, 2.45) is 0 Å². The molecule has 0 atom stereocenters. The van der Waals surface area contributed by atoms with E-state index in [9.17, 15) is 13.2 Å². The Bertz CT molecular complexity index is 603. The molecule has 0 saturated heterocycles. The number of nitrogens with one attached hydrogen (secondary N) is 2. The second kappa shape index (κ2) is 4.90. The van der Waals surface area contributed by atoms with E-state index >= 15 is 0 Å². The lowest BCUT2D eigenvalue weighted by Crippen LogP contribution is -2.40. The number of anilines is 1. The molecular formula is C11H14ClN3O3S. The van der Waals surface area contributed by atoms with Crippen molar-refractivity contribution in [3.05, 3.63) is 22.7 Å². The fourth-order valence-corrected chi connectivity index (χ4v) is 2.69. The number of carbonyl (C=O) groups excluding carboxylic acids is 1. The maximum absolute atomic E-state index is 12.0. The second-order valence-corrected chi connectivity index (χ2v) is 6.56. The van der Waals surface area contributed by atoms with Crippen LogP contribution < -0.4 is 15.8 Å². The molecule has 2 amide bonds. The van der Waals surface area contributed by atoms with Crippen LogP contribution >= 0.6 is 11.6 Å². The molecule has 1 aromatic rings. The summed E-state index contributed by atoms with van der Waals surface area (Å²) in [6.45, 7) is 1.64. The van der Waals surface area contributed by atoms with Gasteiger partial charge in [0.05, 0.1) is 15.6 Å². The third-order valence-corrected chi connectivity index (χ3v) is 4.53. The summed E-state index contributed by atoms with van der Waals surface area (Å²) in [5, 5.41) is 2.84. The number of rotatable bonds is 3. The summed E-state index contributed by atoms with van der Waals surface area (Å²) < 4.78 is 25.9. The first-order valence-corrected chi connectivity index (χ1v) is 7.54. The highest BCUT2D eigenvalue weighted by Crippen LogP contribution is 2.26. The molecule has 6 nitrogen and oxygen atoms in total. The van der Waals surface area contributed by atoms with Gasteiger partial charge in [0.2, 0.25) is 0 Å². The molecular weight excluding hydrogens is 290 g/mol. The molecule has 0 radical (unpaired) electrons. The minimum absolute atomic E-state index is 0.0761. The number of benzene rings is 1. The molecule has 1 aliphatic rings. The molecule has 0 bridgehead atoms. The lowest BCUT2D eigenvalue weighted by molar-refractivity contribution is 0.245. The smallest absolute Gasteiger partial charge is 0.328 e. The van der Waals surface area contributed by atoms with Crippen LogP contribution in [-0.4, -0.2) is 20.5 Å². The summed E-state index contributed by atoms with van der Waals surface area (Å²) in [6, 6.07) is 1.94. The Morgan fingerprint density at radius 3 is 2.58 bits per heavy atom. The van der Waals surface area contributed by atoms with Gasteiger partial charge < -0.3 is 11.1 Å². The number of carbonyl (C=O) groups is 1. The fraction of sp³-hybridized carbons (Fsp3) is 0.364. The number of urea groups is 1. The second-order valence-electron chi connectivity index (χ2n) is 4.50. The molecule has 0 spiro atoms. The van der Waals surface area contributed by atoms with Gasteiger partial charge in [0.15, 0.2) is 0 Å². The molecule has 1 fully saturated rings.